The minimum absolute atomic E-state index is 0.296. The molecule has 1 aliphatic rings. The minimum atomic E-state index is 0.296. The molecule has 0 atom stereocenters. The van der Waals surface area contributed by atoms with Crippen LogP contribution in [0.4, 0.5) is 0 Å². The summed E-state index contributed by atoms with van der Waals surface area (Å²) >= 11 is 0. The van der Waals surface area contributed by atoms with Crippen molar-refractivity contribution in [1.82, 2.24) is 0 Å². The van der Waals surface area contributed by atoms with Crippen molar-refractivity contribution in [2.75, 3.05) is 6.61 Å². The third-order valence-electron chi connectivity index (χ3n) is 2.59. The fourth-order valence-corrected chi connectivity index (χ4v) is 1.73. The van der Waals surface area contributed by atoms with E-state index >= 15 is 0 Å². The Labute approximate surface area is 86.3 Å². The molecule has 1 rings (SSSR count). The SMILES string of the molecule is CCCCCCC1=C(OCC)CC1=O. The van der Waals surface area contributed by atoms with Crippen LogP contribution in [0.3, 0.4) is 0 Å². The Morgan fingerprint density at radius 2 is 2.00 bits per heavy atom. The van der Waals surface area contributed by atoms with Crippen LogP contribution in [0.15, 0.2) is 11.3 Å². The van der Waals surface area contributed by atoms with E-state index in [-0.39, 0.29) is 0 Å². The summed E-state index contributed by atoms with van der Waals surface area (Å²) in [6, 6.07) is 0. The van der Waals surface area contributed by atoms with Crippen molar-refractivity contribution in [3.63, 3.8) is 0 Å². The highest BCUT2D eigenvalue weighted by molar-refractivity contribution is 6.03. The van der Waals surface area contributed by atoms with Gasteiger partial charge in [-0.2, -0.15) is 0 Å². The highest BCUT2D eigenvalue weighted by Crippen LogP contribution is 2.29. The van der Waals surface area contributed by atoms with Crippen molar-refractivity contribution in [2.24, 2.45) is 0 Å². The van der Waals surface area contributed by atoms with Gasteiger partial charge in [-0.1, -0.05) is 26.2 Å². The fraction of sp³-hybridized carbons (Fsp3) is 0.750. The number of carbonyl (C=O) groups is 1. The fourth-order valence-electron chi connectivity index (χ4n) is 1.73. The Morgan fingerprint density at radius 3 is 2.57 bits per heavy atom. The molecule has 2 nitrogen and oxygen atoms in total. The molecule has 0 spiro atoms. The summed E-state index contributed by atoms with van der Waals surface area (Å²) in [5.41, 5.74) is 0.961. The van der Waals surface area contributed by atoms with Crippen LogP contribution in [-0.4, -0.2) is 12.4 Å². The van der Waals surface area contributed by atoms with E-state index in [9.17, 15) is 4.79 Å². The lowest BCUT2D eigenvalue weighted by Crippen LogP contribution is -2.20. The molecule has 0 saturated carbocycles. The number of ketones is 1. The van der Waals surface area contributed by atoms with E-state index in [0.717, 1.165) is 24.2 Å². The molecule has 0 aromatic heterocycles. The molecule has 0 heterocycles. The van der Waals surface area contributed by atoms with E-state index in [0.29, 0.717) is 18.8 Å². The number of ether oxygens (including phenoxy) is 1. The van der Waals surface area contributed by atoms with Crippen LogP contribution in [-0.2, 0) is 9.53 Å². The summed E-state index contributed by atoms with van der Waals surface area (Å²) in [5.74, 6) is 1.25. The molecule has 80 valence electrons. The molecule has 1 aliphatic carbocycles. The van der Waals surface area contributed by atoms with Crippen LogP contribution in [0.2, 0.25) is 0 Å². The van der Waals surface area contributed by atoms with E-state index in [1.165, 1.54) is 19.3 Å². The van der Waals surface area contributed by atoms with Crippen LogP contribution < -0.4 is 0 Å². The van der Waals surface area contributed by atoms with Gasteiger partial charge in [-0.15, -0.1) is 0 Å². The number of allylic oxidation sites excluding steroid dienone is 2. The molecule has 0 radical (unpaired) electrons. The number of hydrogen-bond donors (Lipinski definition) is 0. The molecule has 0 unspecified atom stereocenters. The molecule has 0 fully saturated rings. The van der Waals surface area contributed by atoms with Crippen LogP contribution in [0, 0.1) is 0 Å². The molecule has 0 bridgehead atoms. The standard InChI is InChI=1S/C12H20O2/c1-3-5-6-7-8-10-11(13)9-12(10)14-4-2/h3-9H2,1-2H3. The van der Waals surface area contributed by atoms with Crippen molar-refractivity contribution in [2.45, 2.75) is 52.4 Å². The van der Waals surface area contributed by atoms with Gasteiger partial charge in [0.05, 0.1) is 13.0 Å². The van der Waals surface area contributed by atoms with E-state index < -0.39 is 0 Å². The van der Waals surface area contributed by atoms with Crippen molar-refractivity contribution in [3.05, 3.63) is 11.3 Å². The normalized spacial score (nSPS) is 15.7. The Hall–Kier alpha value is -0.790. The Bertz CT molecular complexity index is 228. The van der Waals surface area contributed by atoms with Gasteiger partial charge < -0.3 is 4.74 Å². The van der Waals surface area contributed by atoms with Crippen molar-refractivity contribution >= 4 is 5.78 Å². The first-order chi connectivity index (χ1) is 6.79. The van der Waals surface area contributed by atoms with Crippen LogP contribution in [0.5, 0.6) is 0 Å². The summed E-state index contributed by atoms with van der Waals surface area (Å²) in [6.07, 6.45) is 6.33. The largest absolute Gasteiger partial charge is 0.497 e. The topological polar surface area (TPSA) is 26.3 Å². The second kappa shape index (κ2) is 5.84. The maximum Gasteiger partial charge on any atom is 0.169 e. The predicted octanol–water partition coefficient (Wildman–Crippen LogP) is 3.22. The zero-order chi connectivity index (χ0) is 10.4. The maximum absolute atomic E-state index is 11.2. The highest BCUT2D eigenvalue weighted by Gasteiger charge is 2.27. The smallest absolute Gasteiger partial charge is 0.169 e. The summed E-state index contributed by atoms with van der Waals surface area (Å²) in [7, 11) is 0. The van der Waals surface area contributed by atoms with Crippen molar-refractivity contribution in [1.29, 1.82) is 0 Å². The van der Waals surface area contributed by atoms with Gasteiger partial charge in [-0.05, 0) is 19.8 Å². The molecule has 14 heavy (non-hydrogen) atoms. The van der Waals surface area contributed by atoms with Gasteiger partial charge in [0.25, 0.3) is 0 Å². The third kappa shape index (κ3) is 2.86. The van der Waals surface area contributed by atoms with Crippen LogP contribution in [0.25, 0.3) is 0 Å². The molecule has 0 aromatic rings. The van der Waals surface area contributed by atoms with Gasteiger partial charge in [-0.3, -0.25) is 4.79 Å². The monoisotopic (exact) mass is 196 g/mol. The van der Waals surface area contributed by atoms with Crippen LogP contribution >= 0.6 is 0 Å². The first-order valence-electron chi connectivity index (χ1n) is 5.67. The summed E-state index contributed by atoms with van der Waals surface area (Å²) in [6.45, 7) is 4.84. The average Bonchev–Trinajstić information content (AvgIpc) is 2.17. The van der Waals surface area contributed by atoms with E-state index in [4.69, 9.17) is 4.74 Å². The average molecular weight is 196 g/mol. The molecule has 0 amide bonds. The zero-order valence-corrected chi connectivity index (χ0v) is 9.27. The second-order valence-electron chi connectivity index (χ2n) is 3.75. The maximum atomic E-state index is 11.2. The van der Waals surface area contributed by atoms with Gasteiger partial charge in [-0.25, -0.2) is 0 Å². The number of unbranched alkanes of at least 4 members (excludes halogenated alkanes) is 3. The summed E-state index contributed by atoms with van der Waals surface area (Å²) < 4.78 is 5.38. The minimum Gasteiger partial charge on any atom is -0.497 e. The molecule has 0 N–H and O–H groups in total. The van der Waals surface area contributed by atoms with Gasteiger partial charge in [0.1, 0.15) is 5.76 Å². The van der Waals surface area contributed by atoms with Crippen molar-refractivity contribution < 1.29 is 9.53 Å². The lowest BCUT2D eigenvalue weighted by Gasteiger charge is -2.22. The number of Topliss-reactive ketones (excluding diaryl/α,β-unsaturated/α-hetero) is 1. The number of hydrogen-bond acceptors (Lipinski definition) is 2. The van der Waals surface area contributed by atoms with Gasteiger partial charge >= 0.3 is 0 Å². The number of carbonyl (C=O) groups excluding carboxylic acids is 1. The Morgan fingerprint density at radius 1 is 1.21 bits per heavy atom. The van der Waals surface area contributed by atoms with E-state index in [2.05, 4.69) is 6.92 Å². The second-order valence-corrected chi connectivity index (χ2v) is 3.75. The summed E-state index contributed by atoms with van der Waals surface area (Å²) in [5, 5.41) is 0. The molecule has 0 saturated heterocycles. The molecule has 2 heteroatoms. The third-order valence-corrected chi connectivity index (χ3v) is 2.59. The Balaban J connectivity index is 2.27. The van der Waals surface area contributed by atoms with Crippen molar-refractivity contribution in [3.8, 4) is 0 Å². The van der Waals surface area contributed by atoms with Gasteiger partial charge in [0.2, 0.25) is 0 Å². The first-order valence-corrected chi connectivity index (χ1v) is 5.67. The molecule has 0 aliphatic heterocycles. The van der Waals surface area contributed by atoms with E-state index in [1.807, 2.05) is 6.92 Å². The first kappa shape index (κ1) is 11.3. The zero-order valence-electron chi connectivity index (χ0n) is 9.27. The summed E-state index contributed by atoms with van der Waals surface area (Å²) in [4.78, 5) is 11.2. The molecular weight excluding hydrogens is 176 g/mol. The Kier molecular flexibility index (Phi) is 4.71. The van der Waals surface area contributed by atoms with Crippen LogP contribution in [0.1, 0.15) is 52.4 Å². The quantitative estimate of drug-likeness (QED) is 0.584. The molecule has 0 aromatic carbocycles. The number of rotatable bonds is 7. The predicted molar refractivity (Wildman–Crippen MR) is 57.0 cm³/mol. The van der Waals surface area contributed by atoms with Gasteiger partial charge in [0, 0.05) is 5.57 Å². The highest BCUT2D eigenvalue weighted by atomic mass is 16.5. The molecular formula is C12H20O2. The van der Waals surface area contributed by atoms with E-state index in [1.54, 1.807) is 0 Å². The lowest BCUT2D eigenvalue weighted by molar-refractivity contribution is -0.118. The van der Waals surface area contributed by atoms with Gasteiger partial charge in [0.15, 0.2) is 5.78 Å². The lowest BCUT2D eigenvalue weighted by atomic mass is 9.90.